The van der Waals surface area contributed by atoms with Crippen LogP contribution in [0.4, 0.5) is 0 Å². The lowest BCUT2D eigenvalue weighted by Crippen LogP contribution is -2.29. The van der Waals surface area contributed by atoms with Crippen LogP contribution in [0.3, 0.4) is 0 Å². The van der Waals surface area contributed by atoms with Gasteiger partial charge in [-0.2, -0.15) is 0 Å². The van der Waals surface area contributed by atoms with Crippen molar-refractivity contribution in [3.63, 3.8) is 0 Å². The normalized spacial score (nSPS) is 12.7. The number of nitrogens with one attached hydrogen (secondary N) is 1. The van der Waals surface area contributed by atoms with Gasteiger partial charge in [-0.15, -0.1) is 0 Å². The second-order valence-electron chi connectivity index (χ2n) is 4.84. The molecule has 0 aromatic heterocycles. The SMILES string of the molecule is CC(CCN(C)C)NCc1ccccc1C(=O)O. The third-order valence-electron chi connectivity index (χ3n) is 2.90. The molecular formula is C14H22N2O2. The van der Waals surface area contributed by atoms with E-state index in [4.69, 9.17) is 5.11 Å². The Morgan fingerprint density at radius 1 is 1.39 bits per heavy atom. The fourth-order valence-corrected chi connectivity index (χ4v) is 1.72. The topological polar surface area (TPSA) is 52.6 Å². The van der Waals surface area contributed by atoms with E-state index in [2.05, 4.69) is 17.1 Å². The van der Waals surface area contributed by atoms with Crippen LogP contribution in [0.25, 0.3) is 0 Å². The number of carboxylic acid groups (broad SMARTS) is 1. The Balaban J connectivity index is 2.50. The maximum atomic E-state index is 11.0. The highest BCUT2D eigenvalue weighted by molar-refractivity contribution is 5.89. The van der Waals surface area contributed by atoms with Gasteiger partial charge in [-0.25, -0.2) is 4.79 Å². The quantitative estimate of drug-likeness (QED) is 0.775. The molecule has 0 aliphatic carbocycles. The molecule has 0 spiro atoms. The Kier molecular flexibility index (Phi) is 5.82. The van der Waals surface area contributed by atoms with Crippen LogP contribution in [0.1, 0.15) is 29.3 Å². The van der Waals surface area contributed by atoms with Gasteiger partial charge in [0.1, 0.15) is 0 Å². The van der Waals surface area contributed by atoms with Crippen molar-refractivity contribution in [2.24, 2.45) is 0 Å². The van der Waals surface area contributed by atoms with Crippen LogP contribution >= 0.6 is 0 Å². The van der Waals surface area contributed by atoms with Gasteiger partial charge in [0.2, 0.25) is 0 Å². The van der Waals surface area contributed by atoms with Gasteiger partial charge < -0.3 is 15.3 Å². The fraction of sp³-hybridized carbons (Fsp3) is 0.500. The van der Waals surface area contributed by atoms with Crippen molar-refractivity contribution in [2.45, 2.75) is 25.9 Å². The third kappa shape index (κ3) is 4.85. The number of hydrogen-bond donors (Lipinski definition) is 2. The minimum Gasteiger partial charge on any atom is -0.478 e. The fourth-order valence-electron chi connectivity index (χ4n) is 1.72. The molecule has 100 valence electrons. The van der Waals surface area contributed by atoms with E-state index < -0.39 is 5.97 Å². The zero-order chi connectivity index (χ0) is 13.5. The van der Waals surface area contributed by atoms with Gasteiger partial charge in [0, 0.05) is 12.6 Å². The maximum absolute atomic E-state index is 11.0. The van der Waals surface area contributed by atoms with Crippen molar-refractivity contribution < 1.29 is 9.90 Å². The molecule has 0 aliphatic rings. The highest BCUT2D eigenvalue weighted by Crippen LogP contribution is 2.09. The molecule has 0 bridgehead atoms. The average molecular weight is 250 g/mol. The zero-order valence-electron chi connectivity index (χ0n) is 11.3. The minimum atomic E-state index is -0.867. The van der Waals surface area contributed by atoms with Gasteiger partial charge in [0.05, 0.1) is 5.56 Å². The smallest absolute Gasteiger partial charge is 0.336 e. The molecular weight excluding hydrogens is 228 g/mol. The predicted molar refractivity (Wildman–Crippen MR) is 72.9 cm³/mol. The van der Waals surface area contributed by atoms with Crippen LogP contribution in [-0.2, 0) is 6.54 Å². The van der Waals surface area contributed by atoms with E-state index in [1.54, 1.807) is 12.1 Å². The largest absolute Gasteiger partial charge is 0.478 e. The molecule has 1 atom stereocenters. The number of aromatic carboxylic acids is 1. The predicted octanol–water partition coefficient (Wildman–Crippen LogP) is 1.81. The number of benzene rings is 1. The number of carboxylic acids is 1. The average Bonchev–Trinajstić information content (AvgIpc) is 2.34. The van der Waals surface area contributed by atoms with E-state index in [0.717, 1.165) is 18.5 Å². The first kappa shape index (κ1) is 14.7. The summed E-state index contributed by atoms with van der Waals surface area (Å²) in [6, 6.07) is 7.49. The van der Waals surface area contributed by atoms with E-state index >= 15 is 0 Å². The summed E-state index contributed by atoms with van der Waals surface area (Å²) in [6.45, 7) is 3.73. The summed E-state index contributed by atoms with van der Waals surface area (Å²) in [5, 5.41) is 12.4. The lowest BCUT2D eigenvalue weighted by molar-refractivity contribution is 0.0695. The van der Waals surface area contributed by atoms with Gasteiger partial charge in [0.15, 0.2) is 0 Å². The molecule has 0 heterocycles. The number of nitrogens with zero attached hydrogens (tertiary/aromatic N) is 1. The van der Waals surface area contributed by atoms with E-state index in [1.807, 2.05) is 26.2 Å². The molecule has 18 heavy (non-hydrogen) atoms. The van der Waals surface area contributed by atoms with Gasteiger partial charge >= 0.3 is 5.97 Å². The molecule has 0 aliphatic heterocycles. The van der Waals surface area contributed by atoms with Crippen LogP contribution in [-0.4, -0.2) is 42.7 Å². The summed E-state index contributed by atoms with van der Waals surface area (Å²) < 4.78 is 0. The summed E-state index contributed by atoms with van der Waals surface area (Å²) >= 11 is 0. The molecule has 1 aromatic carbocycles. The molecule has 4 heteroatoms. The molecule has 0 amide bonds. The molecule has 0 saturated carbocycles. The van der Waals surface area contributed by atoms with Crippen LogP contribution in [0.5, 0.6) is 0 Å². The second-order valence-corrected chi connectivity index (χ2v) is 4.84. The van der Waals surface area contributed by atoms with Crippen molar-refractivity contribution in [3.8, 4) is 0 Å². The number of hydrogen-bond acceptors (Lipinski definition) is 3. The van der Waals surface area contributed by atoms with E-state index in [9.17, 15) is 4.79 Å². The van der Waals surface area contributed by atoms with Crippen molar-refractivity contribution in [3.05, 3.63) is 35.4 Å². The van der Waals surface area contributed by atoms with Gasteiger partial charge in [-0.3, -0.25) is 0 Å². The van der Waals surface area contributed by atoms with Crippen LogP contribution < -0.4 is 5.32 Å². The Morgan fingerprint density at radius 3 is 2.67 bits per heavy atom. The second kappa shape index (κ2) is 7.13. The summed E-state index contributed by atoms with van der Waals surface area (Å²) in [4.78, 5) is 13.2. The summed E-state index contributed by atoms with van der Waals surface area (Å²) in [7, 11) is 4.10. The highest BCUT2D eigenvalue weighted by Gasteiger charge is 2.09. The van der Waals surface area contributed by atoms with Crippen molar-refractivity contribution in [1.29, 1.82) is 0 Å². The monoisotopic (exact) mass is 250 g/mol. The summed E-state index contributed by atoms with van der Waals surface area (Å²) in [5.41, 5.74) is 1.21. The van der Waals surface area contributed by atoms with Crippen LogP contribution in [0, 0.1) is 0 Å². The number of carbonyl (C=O) groups is 1. The van der Waals surface area contributed by atoms with Crippen molar-refractivity contribution >= 4 is 5.97 Å². The Morgan fingerprint density at radius 2 is 2.06 bits per heavy atom. The first-order chi connectivity index (χ1) is 8.50. The Hall–Kier alpha value is -1.39. The van der Waals surface area contributed by atoms with E-state index in [-0.39, 0.29) is 0 Å². The first-order valence-electron chi connectivity index (χ1n) is 6.20. The molecule has 1 rings (SSSR count). The number of rotatable bonds is 7. The molecule has 2 N–H and O–H groups in total. The Bertz CT molecular complexity index is 391. The van der Waals surface area contributed by atoms with Gasteiger partial charge in [0.25, 0.3) is 0 Å². The Labute approximate surface area is 109 Å². The van der Waals surface area contributed by atoms with Crippen LogP contribution in [0.2, 0.25) is 0 Å². The van der Waals surface area contributed by atoms with Crippen LogP contribution in [0.15, 0.2) is 24.3 Å². The van der Waals surface area contributed by atoms with E-state index in [1.165, 1.54) is 0 Å². The lowest BCUT2D eigenvalue weighted by atomic mass is 10.1. The maximum Gasteiger partial charge on any atom is 0.336 e. The van der Waals surface area contributed by atoms with Crippen molar-refractivity contribution in [2.75, 3.05) is 20.6 Å². The highest BCUT2D eigenvalue weighted by atomic mass is 16.4. The van der Waals surface area contributed by atoms with Gasteiger partial charge in [-0.1, -0.05) is 18.2 Å². The summed E-state index contributed by atoms with van der Waals surface area (Å²) in [6.07, 6.45) is 1.04. The molecule has 0 radical (unpaired) electrons. The zero-order valence-corrected chi connectivity index (χ0v) is 11.3. The molecule has 1 unspecified atom stereocenters. The summed E-state index contributed by atoms with van der Waals surface area (Å²) in [5.74, 6) is -0.867. The molecule has 4 nitrogen and oxygen atoms in total. The third-order valence-corrected chi connectivity index (χ3v) is 2.90. The molecule has 0 saturated heterocycles. The first-order valence-corrected chi connectivity index (χ1v) is 6.20. The van der Waals surface area contributed by atoms with Crippen molar-refractivity contribution in [1.82, 2.24) is 10.2 Å². The molecule has 1 aromatic rings. The van der Waals surface area contributed by atoms with Gasteiger partial charge in [-0.05, 0) is 45.6 Å². The standard InChI is InChI=1S/C14H22N2O2/c1-11(8-9-16(2)3)15-10-12-6-4-5-7-13(12)14(17)18/h4-7,11,15H,8-10H2,1-3H3,(H,17,18). The van der Waals surface area contributed by atoms with E-state index in [0.29, 0.717) is 18.2 Å². The minimum absolute atomic E-state index is 0.370. The lowest BCUT2D eigenvalue weighted by Gasteiger charge is -2.17. The molecule has 0 fully saturated rings.